The maximum atomic E-state index is 13.6. The number of benzene rings is 2. The minimum atomic E-state index is -0.388. The van der Waals surface area contributed by atoms with E-state index in [1.54, 1.807) is 12.1 Å². The van der Waals surface area contributed by atoms with Gasteiger partial charge in [-0.2, -0.15) is 0 Å². The van der Waals surface area contributed by atoms with Gasteiger partial charge in [-0.3, -0.25) is 9.59 Å². The molecule has 0 aromatic heterocycles. The maximum Gasteiger partial charge on any atom is 0.161 e. The van der Waals surface area contributed by atoms with Crippen molar-refractivity contribution in [3.05, 3.63) is 88.5 Å². The third-order valence-corrected chi connectivity index (χ3v) is 6.19. The summed E-state index contributed by atoms with van der Waals surface area (Å²) < 4.78 is 13.6. The van der Waals surface area contributed by atoms with E-state index in [1.807, 2.05) is 30.3 Å². The second-order valence-corrected chi connectivity index (χ2v) is 7.93. The minimum absolute atomic E-state index is 0.103. The number of allylic oxidation sites excluding steroid dienone is 4. The van der Waals surface area contributed by atoms with Crippen LogP contribution in [0.15, 0.2) is 77.1 Å². The van der Waals surface area contributed by atoms with E-state index in [-0.39, 0.29) is 23.3 Å². The van der Waals surface area contributed by atoms with Crippen molar-refractivity contribution in [2.45, 2.75) is 44.4 Å². The molecule has 2 aromatic carbocycles. The van der Waals surface area contributed by atoms with E-state index < -0.39 is 0 Å². The maximum absolute atomic E-state index is 13.6. The molecule has 0 amide bonds. The van der Waals surface area contributed by atoms with Gasteiger partial charge in [0.15, 0.2) is 11.6 Å². The van der Waals surface area contributed by atoms with Gasteiger partial charge in [0.05, 0.1) is 0 Å². The molecule has 0 atom stereocenters. The van der Waals surface area contributed by atoms with Gasteiger partial charge in [-0.1, -0.05) is 30.3 Å². The molecule has 3 aliphatic rings. The molecule has 3 nitrogen and oxygen atoms in total. The van der Waals surface area contributed by atoms with Crippen molar-refractivity contribution in [2.75, 3.05) is 4.90 Å². The Hall–Kier alpha value is -3.01. The molecule has 0 spiro atoms. The molecule has 5 rings (SSSR count). The van der Waals surface area contributed by atoms with Crippen LogP contribution in [0.4, 0.5) is 10.1 Å². The van der Waals surface area contributed by atoms with Gasteiger partial charge in [-0.15, -0.1) is 0 Å². The van der Waals surface area contributed by atoms with Crippen LogP contribution in [0, 0.1) is 5.82 Å². The number of hydrogen-bond acceptors (Lipinski definition) is 3. The number of halogens is 1. The summed E-state index contributed by atoms with van der Waals surface area (Å²) in [6, 6.07) is 16.3. The lowest BCUT2D eigenvalue weighted by atomic mass is 9.71. The second kappa shape index (κ2) is 7.11. The Kier molecular flexibility index (Phi) is 4.42. The molecule has 29 heavy (non-hydrogen) atoms. The molecule has 0 unspecified atom stereocenters. The molecule has 0 fully saturated rings. The van der Waals surface area contributed by atoms with Gasteiger partial charge in [-0.05, 0) is 55.5 Å². The van der Waals surface area contributed by atoms with Gasteiger partial charge in [0.2, 0.25) is 0 Å². The van der Waals surface area contributed by atoms with E-state index in [4.69, 9.17) is 0 Å². The predicted octanol–water partition coefficient (Wildman–Crippen LogP) is 5.44. The molecule has 0 N–H and O–H groups in total. The topological polar surface area (TPSA) is 37.4 Å². The van der Waals surface area contributed by atoms with Crippen LogP contribution in [0.5, 0.6) is 0 Å². The molecule has 2 aromatic rings. The lowest BCUT2D eigenvalue weighted by Gasteiger charge is -2.44. The van der Waals surface area contributed by atoms with Gasteiger partial charge in [0.25, 0.3) is 0 Å². The van der Waals surface area contributed by atoms with E-state index in [2.05, 4.69) is 4.90 Å². The average molecular weight is 387 g/mol. The monoisotopic (exact) mass is 387 g/mol. The van der Waals surface area contributed by atoms with E-state index in [1.165, 1.54) is 12.1 Å². The van der Waals surface area contributed by atoms with Crippen molar-refractivity contribution in [1.82, 2.24) is 0 Å². The highest BCUT2D eigenvalue weighted by molar-refractivity contribution is 6.07. The zero-order chi connectivity index (χ0) is 20.0. The highest BCUT2D eigenvalue weighted by atomic mass is 19.1. The van der Waals surface area contributed by atoms with Gasteiger partial charge in [-0.25, -0.2) is 4.39 Å². The summed E-state index contributed by atoms with van der Waals surface area (Å²) in [7, 11) is 0. The SMILES string of the molecule is O=C1CCCC2=C1C(c1ccc(F)cc1)C1=C(CCCC1=O)N2c1ccccc1. The van der Waals surface area contributed by atoms with Crippen LogP contribution in [0.2, 0.25) is 0 Å². The normalized spacial score (nSPS) is 20.1. The molecule has 1 heterocycles. The minimum Gasteiger partial charge on any atom is -0.317 e. The van der Waals surface area contributed by atoms with Crippen LogP contribution >= 0.6 is 0 Å². The Labute approximate surface area is 169 Å². The van der Waals surface area contributed by atoms with Gasteiger partial charge in [0.1, 0.15) is 5.82 Å². The summed E-state index contributed by atoms with van der Waals surface area (Å²) in [6.07, 6.45) is 4.23. The lowest BCUT2D eigenvalue weighted by molar-refractivity contribution is -0.116. The molecule has 1 aliphatic heterocycles. The Morgan fingerprint density at radius 1 is 0.724 bits per heavy atom. The van der Waals surface area contributed by atoms with Crippen molar-refractivity contribution in [3.63, 3.8) is 0 Å². The van der Waals surface area contributed by atoms with E-state index >= 15 is 0 Å². The Balaban J connectivity index is 1.78. The van der Waals surface area contributed by atoms with Crippen molar-refractivity contribution in [3.8, 4) is 0 Å². The molecule has 0 radical (unpaired) electrons. The Morgan fingerprint density at radius 3 is 1.83 bits per heavy atom. The van der Waals surface area contributed by atoms with Crippen LogP contribution in [-0.2, 0) is 9.59 Å². The molecule has 0 bridgehead atoms. The summed E-state index contributed by atoms with van der Waals surface area (Å²) in [6.45, 7) is 0. The summed E-state index contributed by atoms with van der Waals surface area (Å²) in [5, 5.41) is 0. The zero-order valence-corrected chi connectivity index (χ0v) is 16.2. The van der Waals surface area contributed by atoms with Crippen LogP contribution in [0.3, 0.4) is 0 Å². The third kappa shape index (κ3) is 2.94. The summed E-state index contributed by atoms with van der Waals surface area (Å²) >= 11 is 0. The van der Waals surface area contributed by atoms with Crippen LogP contribution in [0.1, 0.15) is 50.0 Å². The summed E-state index contributed by atoms with van der Waals surface area (Å²) in [4.78, 5) is 28.5. The smallest absolute Gasteiger partial charge is 0.161 e. The Bertz CT molecular complexity index is 1010. The number of rotatable bonds is 2. The van der Waals surface area contributed by atoms with Crippen molar-refractivity contribution < 1.29 is 14.0 Å². The highest BCUT2D eigenvalue weighted by Crippen LogP contribution is 2.50. The standard InChI is InChI=1S/C25H22FNO2/c26-17-14-12-16(13-15-17)23-24-19(8-4-10-21(24)28)27(18-6-2-1-3-7-18)20-9-5-11-22(29)25(20)23/h1-3,6-7,12-15,23H,4-5,8-11H2. The number of Topliss-reactive ketones (excluding diaryl/α,β-unsaturated/α-hetero) is 2. The number of para-hydroxylation sites is 1. The Morgan fingerprint density at radius 2 is 1.28 bits per heavy atom. The van der Waals surface area contributed by atoms with Crippen molar-refractivity contribution in [1.29, 1.82) is 0 Å². The lowest BCUT2D eigenvalue weighted by Crippen LogP contribution is -2.39. The highest BCUT2D eigenvalue weighted by Gasteiger charge is 2.43. The first kappa shape index (κ1) is 18.0. The van der Waals surface area contributed by atoms with E-state index in [9.17, 15) is 14.0 Å². The van der Waals surface area contributed by atoms with Crippen LogP contribution in [0.25, 0.3) is 0 Å². The first-order valence-electron chi connectivity index (χ1n) is 10.3. The molecular weight excluding hydrogens is 365 g/mol. The molecule has 0 saturated heterocycles. The first-order chi connectivity index (χ1) is 14.1. The number of carbonyl (C=O) groups is 2. The first-order valence-corrected chi connectivity index (χ1v) is 10.3. The number of carbonyl (C=O) groups excluding carboxylic acids is 2. The van der Waals surface area contributed by atoms with Crippen molar-refractivity contribution >= 4 is 17.3 Å². The predicted molar refractivity (Wildman–Crippen MR) is 110 cm³/mol. The summed E-state index contributed by atoms with van der Waals surface area (Å²) in [5.74, 6) is -0.497. The molecule has 146 valence electrons. The molecule has 4 heteroatoms. The van der Waals surface area contributed by atoms with Crippen LogP contribution in [-0.4, -0.2) is 11.6 Å². The fourth-order valence-corrected chi connectivity index (χ4v) is 5.00. The third-order valence-electron chi connectivity index (χ3n) is 6.19. The van der Waals surface area contributed by atoms with Gasteiger partial charge >= 0.3 is 0 Å². The van der Waals surface area contributed by atoms with E-state index in [0.29, 0.717) is 12.8 Å². The quantitative estimate of drug-likeness (QED) is 0.688. The molecular formula is C25H22FNO2. The van der Waals surface area contributed by atoms with E-state index in [0.717, 1.165) is 59.5 Å². The number of nitrogens with zero attached hydrogens (tertiary/aromatic N) is 1. The zero-order valence-electron chi connectivity index (χ0n) is 16.2. The average Bonchev–Trinajstić information content (AvgIpc) is 2.74. The molecule has 2 aliphatic carbocycles. The summed E-state index contributed by atoms with van der Waals surface area (Å²) in [5.41, 5.74) is 5.28. The van der Waals surface area contributed by atoms with Gasteiger partial charge in [0, 0.05) is 47.0 Å². The number of ketones is 2. The van der Waals surface area contributed by atoms with Gasteiger partial charge < -0.3 is 4.90 Å². The largest absolute Gasteiger partial charge is 0.317 e. The fraction of sp³-hybridized carbons (Fsp3) is 0.280. The fourth-order valence-electron chi connectivity index (χ4n) is 5.00. The van der Waals surface area contributed by atoms with Crippen molar-refractivity contribution in [2.24, 2.45) is 0 Å². The number of anilines is 1. The number of hydrogen-bond donors (Lipinski definition) is 0. The molecule has 0 saturated carbocycles. The second-order valence-electron chi connectivity index (χ2n) is 7.93. The van der Waals surface area contributed by atoms with Crippen LogP contribution < -0.4 is 4.90 Å².